The largest absolute Gasteiger partial charge is 0.491 e. The Morgan fingerprint density at radius 1 is 0.968 bits per heavy atom. The first-order chi connectivity index (χ1) is 14.9. The van der Waals surface area contributed by atoms with Crippen molar-refractivity contribution in [2.24, 2.45) is 0 Å². The van der Waals surface area contributed by atoms with Crippen LogP contribution in [0.15, 0.2) is 54.7 Å². The van der Waals surface area contributed by atoms with Gasteiger partial charge in [0.15, 0.2) is 0 Å². The molecule has 5 nitrogen and oxygen atoms in total. The summed E-state index contributed by atoms with van der Waals surface area (Å²) in [7, 11) is 0. The normalized spacial score (nSPS) is 11.3. The summed E-state index contributed by atoms with van der Waals surface area (Å²) in [5, 5.41) is 5.73. The van der Waals surface area contributed by atoms with Crippen molar-refractivity contribution in [1.82, 2.24) is 9.97 Å². The number of hydrogen-bond donors (Lipinski definition) is 2. The Kier molecular flexibility index (Phi) is 7.33. The molecular formula is C23H25F3N4O. The Hall–Kier alpha value is -3.29. The van der Waals surface area contributed by atoms with Crippen LogP contribution in [-0.2, 0) is 6.18 Å². The molecule has 0 bridgehead atoms. The third-order valence-electron chi connectivity index (χ3n) is 4.55. The number of aryl methyl sites for hydroxylation is 1. The molecule has 2 aromatic carbocycles. The van der Waals surface area contributed by atoms with E-state index in [2.05, 4.69) is 27.5 Å². The lowest BCUT2D eigenvalue weighted by molar-refractivity contribution is -0.137. The van der Waals surface area contributed by atoms with Crippen LogP contribution >= 0.6 is 0 Å². The summed E-state index contributed by atoms with van der Waals surface area (Å²) < 4.78 is 46.5. The zero-order valence-electron chi connectivity index (χ0n) is 17.5. The standard InChI is InChI=1S/C23H25F3N4O/c1-3-4-7-14-31-20-9-6-5-8-19(20)29-21-18(23(24,25)26)15-27-22(30-21)28-17-12-10-16(2)11-13-17/h5-6,8-13,15H,3-4,7,14H2,1-2H3,(H2,27,28,29,30). The molecule has 3 rings (SSSR count). The Bertz CT molecular complexity index is 991. The van der Waals surface area contributed by atoms with Crippen LogP contribution in [0.2, 0.25) is 0 Å². The van der Waals surface area contributed by atoms with E-state index in [-0.39, 0.29) is 11.8 Å². The molecule has 1 aromatic heterocycles. The SMILES string of the molecule is CCCCCOc1ccccc1Nc1nc(Nc2ccc(C)cc2)ncc1C(F)(F)F. The van der Waals surface area contributed by atoms with E-state index in [1.54, 1.807) is 24.3 Å². The Morgan fingerprint density at radius 2 is 1.71 bits per heavy atom. The molecule has 0 saturated carbocycles. The van der Waals surface area contributed by atoms with Crippen LogP contribution in [0.3, 0.4) is 0 Å². The smallest absolute Gasteiger partial charge is 0.421 e. The Balaban J connectivity index is 1.87. The van der Waals surface area contributed by atoms with Gasteiger partial charge in [-0.15, -0.1) is 0 Å². The molecule has 31 heavy (non-hydrogen) atoms. The molecule has 0 aliphatic carbocycles. The van der Waals surface area contributed by atoms with Gasteiger partial charge in [-0.2, -0.15) is 18.2 Å². The topological polar surface area (TPSA) is 59.1 Å². The summed E-state index contributed by atoms with van der Waals surface area (Å²) in [5.74, 6) is 0.181. The van der Waals surface area contributed by atoms with Gasteiger partial charge in [0, 0.05) is 11.9 Å². The summed E-state index contributed by atoms with van der Waals surface area (Å²) in [4.78, 5) is 7.94. The van der Waals surface area contributed by atoms with E-state index >= 15 is 0 Å². The number of para-hydroxylation sites is 2. The molecule has 0 fully saturated rings. The van der Waals surface area contributed by atoms with Crippen LogP contribution in [0, 0.1) is 6.92 Å². The minimum Gasteiger partial charge on any atom is -0.491 e. The highest BCUT2D eigenvalue weighted by Crippen LogP contribution is 2.37. The maximum Gasteiger partial charge on any atom is 0.421 e. The quantitative estimate of drug-likeness (QED) is 0.363. The van der Waals surface area contributed by atoms with Gasteiger partial charge in [-0.25, -0.2) is 4.98 Å². The molecule has 164 valence electrons. The third kappa shape index (κ3) is 6.34. The van der Waals surface area contributed by atoms with E-state index in [1.807, 2.05) is 31.2 Å². The Morgan fingerprint density at radius 3 is 2.42 bits per heavy atom. The highest BCUT2D eigenvalue weighted by molar-refractivity contribution is 5.67. The van der Waals surface area contributed by atoms with Crippen molar-refractivity contribution in [3.05, 3.63) is 65.9 Å². The minimum absolute atomic E-state index is 0.0562. The average Bonchev–Trinajstić information content (AvgIpc) is 2.73. The predicted octanol–water partition coefficient (Wildman–Crippen LogP) is 6.86. The van der Waals surface area contributed by atoms with Gasteiger partial charge in [0.05, 0.1) is 12.3 Å². The van der Waals surface area contributed by atoms with Crippen molar-refractivity contribution < 1.29 is 17.9 Å². The number of nitrogens with zero attached hydrogens (tertiary/aromatic N) is 2. The third-order valence-corrected chi connectivity index (χ3v) is 4.55. The summed E-state index contributed by atoms with van der Waals surface area (Å²) in [6, 6.07) is 14.3. The number of ether oxygens (including phenoxy) is 1. The molecule has 0 unspecified atom stereocenters. The van der Waals surface area contributed by atoms with E-state index in [9.17, 15) is 13.2 Å². The second-order valence-corrected chi connectivity index (χ2v) is 7.12. The molecule has 0 spiro atoms. The first-order valence-electron chi connectivity index (χ1n) is 10.1. The zero-order valence-corrected chi connectivity index (χ0v) is 17.5. The molecule has 3 aromatic rings. The number of unbranched alkanes of at least 4 members (excludes halogenated alkanes) is 2. The summed E-state index contributed by atoms with van der Waals surface area (Å²) in [5.41, 5.74) is 1.19. The fourth-order valence-electron chi connectivity index (χ4n) is 2.87. The molecule has 0 aliphatic heterocycles. The van der Waals surface area contributed by atoms with E-state index in [1.165, 1.54) is 0 Å². The molecule has 0 aliphatic rings. The van der Waals surface area contributed by atoms with E-state index < -0.39 is 11.7 Å². The van der Waals surface area contributed by atoms with Gasteiger partial charge >= 0.3 is 6.18 Å². The summed E-state index contributed by atoms with van der Waals surface area (Å²) in [6.07, 6.45) is -0.890. The lowest BCUT2D eigenvalue weighted by Crippen LogP contribution is -2.13. The first-order valence-corrected chi connectivity index (χ1v) is 10.1. The van der Waals surface area contributed by atoms with E-state index in [0.29, 0.717) is 23.7 Å². The first kappa shape index (κ1) is 22.4. The highest BCUT2D eigenvalue weighted by Gasteiger charge is 2.35. The van der Waals surface area contributed by atoms with Crippen LogP contribution in [0.4, 0.5) is 36.3 Å². The zero-order chi connectivity index (χ0) is 22.3. The number of halogens is 3. The van der Waals surface area contributed by atoms with Crippen molar-refractivity contribution in [3.8, 4) is 5.75 Å². The number of rotatable bonds is 9. The van der Waals surface area contributed by atoms with Crippen LogP contribution in [0.1, 0.15) is 37.3 Å². The number of alkyl halides is 3. The number of nitrogens with one attached hydrogen (secondary N) is 2. The van der Waals surface area contributed by atoms with Gasteiger partial charge in [0.25, 0.3) is 0 Å². The number of aromatic nitrogens is 2. The van der Waals surface area contributed by atoms with E-state index in [0.717, 1.165) is 31.0 Å². The van der Waals surface area contributed by atoms with Crippen molar-refractivity contribution in [3.63, 3.8) is 0 Å². The highest BCUT2D eigenvalue weighted by atomic mass is 19.4. The molecule has 0 radical (unpaired) electrons. The summed E-state index contributed by atoms with van der Waals surface area (Å²) in [6.45, 7) is 4.52. The summed E-state index contributed by atoms with van der Waals surface area (Å²) >= 11 is 0. The lowest BCUT2D eigenvalue weighted by Gasteiger charge is -2.17. The van der Waals surface area contributed by atoms with Gasteiger partial charge < -0.3 is 15.4 Å². The van der Waals surface area contributed by atoms with Gasteiger partial charge in [0.2, 0.25) is 5.95 Å². The number of benzene rings is 2. The van der Waals surface area contributed by atoms with Crippen LogP contribution < -0.4 is 15.4 Å². The van der Waals surface area contributed by atoms with Crippen molar-refractivity contribution in [1.29, 1.82) is 0 Å². The van der Waals surface area contributed by atoms with Gasteiger partial charge in [-0.1, -0.05) is 49.6 Å². The molecule has 8 heteroatoms. The van der Waals surface area contributed by atoms with Gasteiger partial charge in [0.1, 0.15) is 17.1 Å². The lowest BCUT2D eigenvalue weighted by atomic mass is 10.2. The van der Waals surface area contributed by atoms with Gasteiger partial charge in [-0.05, 0) is 37.6 Å². The molecule has 2 N–H and O–H groups in total. The number of anilines is 4. The molecule has 0 amide bonds. The maximum absolute atomic E-state index is 13.6. The monoisotopic (exact) mass is 430 g/mol. The molecular weight excluding hydrogens is 405 g/mol. The fourth-order valence-corrected chi connectivity index (χ4v) is 2.87. The van der Waals surface area contributed by atoms with Crippen LogP contribution in [0.25, 0.3) is 0 Å². The molecule has 0 saturated heterocycles. The van der Waals surface area contributed by atoms with Crippen molar-refractivity contribution in [2.75, 3.05) is 17.2 Å². The second kappa shape index (κ2) is 10.1. The Labute approximate surface area is 179 Å². The number of hydrogen-bond acceptors (Lipinski definition) is 5. The van der Waals surface area contributed by atoms with Crippen molar-refractivity contribution >= 4 is 23.1 Å². The fraction of sp³-hybridized carbons (Fsp3) is 0.304. The van der Waals surface area contributed by atoms with Crippen LogP contribution in [0.5, 0.6) is 5.75 Å². The van der Waals surface area contributed by atoms with Crippen LogP contribution in [-0.4, -0.2) is 16.6 Å². The second-order valence-electron chi connectivity index (χ2n) is 7.12. The molecule has 0 atom stereocenters. The predicted molar refractivity (Wildman–Crippen MR) is 116 cm³/mol. The van der Waals surface area contributed by atoms with E-state index in [4.69, 9.17) is 4.74 Å². The maximum atomic E-state index is 13.6. The van der Waals surface area contributed by atoms with Crippen molar-refractivity contribution in [2.45, 2.75) is 39.3 Å². The van der Waals surface area contributed by atoms with Gasteiger partial charge in [-0.3, -0.25) is 0 Å². The molecule has 1 heterocycles. The minimum atomic E-state index is -4.61. The average molecular weight is 430 g/mol.